The highest BCUT2D eigenvalue weighted by Crippen LogP contribution is 2.38. The lowest BCUT2D eigenvalue weighted by atomic mass is 9.93. The number of aliphatic imine (C=N–C) groups is 1. The zero-order chi connectivity index (χ0) is 26.0. The standard InChI is InChI=1S/C28H33ClN2O4/c1-7-8-13-22-30-28(5,6)23(25(32)33)24(29)31(22)19-16-14-18(15-17-19)20-11-9-10-12-21(20)26(34)35-27(2,3)4/h9-12,14-17H,7-8,13H2,1-6H3,(H,32,33). The van der Waals surface area contributed by atoms with Crippen LogP contribution in [0.25, 0.3) is 11.1 Å². The second-order valence-corrected chi connectivity index (χ2v) is 10.4. The molecular weight excluding hydrogens is 464 g/mol. The average molecular weight is 497 g/mol. The summed E-state index contributed by atoms with van der Waals surface area (Å²) in [6.45, 7) is 11.1. The van der Waals surface area contributed by atoms with Gasteiger partial charge >= 0.3 is 11.9 Å². The minimum absolute atomic E-state index is 0.0544. The van der Waals surface area contributed by atoms with Crippen LogP contribution in [-0.2, 0) is 9.53 Å². The zero-order valence-corrected chi connectivity index (χ0v) is 21.9. The third-order valence-corrected chi connectivity index (χ3v) is 5.99. The number of hydrogen-bond acceptors (Lipinski definition) is 5. The molecule has 186 valence electrons. The van der Waals surface area contributed by atoms with Gasteiger partial charge in [0.25, 0.3) is 0 Å². The van der Waals surface area contributed by atoms with Gasteiger partial charge in [0.2, 0.25) is 0 Å². The van der Waals surface area contributed by atoms with Gasteiger partial charge in [-0.3, -0.25) is 9.89 Å². The van der Waals surface area contributed by atoms with Crippen LogP contribution in [0.3, 0.4) is 0 Å². The average Bonchev–Trinajstić information content (AvgIpc) is 2.75. The van der Waals surface area contributed by atoms with E-state index in [9.17, 15) is 14.7 Å². The number of amidine groups is 1. The van der Waals surface area contributed by atoms with Crippen LogP contribution in [0.5, 0.6) is 0 Å². The van der Waals surface area contributed by atoms with Gasteiger partial charge in [-0.1, -0.05) is 55.3 Å². The Morgan fingerprint density at radius 1 is 1.09 bits per heavy atom. The molecule has 1 aliphatic rings. The Bertz CT molecular complexity index is 1170. The van der Waals surface area contributed by atoms with Crippen LogP contribution in [0.4, 0.5) is 5.69 Å². The third kappa shape index (κ3) is 5.93. The maximum Gasteiger partial charge on any atom is 0.339 e. The van der Waals surface area contributed by atoms with Crippen molar-refractivity contribution in [3.05, 3.63) is 64.8 Å². The van der Waals surface area contributed by atoms with E-state index in [1.165, 1.54) is 0 Å². The number of unbranched alkanes of at least 4 members (excludes halogenated alkanes) is 1. The Balaban J connectivity index is 2.03. The minimum Gasteiger partial charge on any atom is -0.478 e. The summed E-state index contributed by atoms with van der Waals surface area (Å²) < 4.78 is 5.58. The molecule has 35 heavy (non-hydrogen) atoms. The number of carbonyl (C=O) groups is 2. The largest absolute Gasteiger partial charge is 0.478 e. The first-order chi connectivity index (χ1) is 16.4. The highest BCUT2D eigenvalue weighted by Gasteiger charge is 2.39. The van der Waals surface area contributed by atoms with E-state index in [0.29, 0.717) is 17.7 Å². The zero-order valence-electron chi connectivity index (χ0n) is 21.2. The number of benzene rings is 2. The SMILES string of the molecule is CCCCC1=NC(C)(C)C(C(=O)O)=C(Cl)N1c1ccc(-c2ccccc2C(=O)OC(C)(C)C)cc1. The topological polar surface area (TPSA) is 79.2 Å². The van der Waals surface area contributed by atoms with Gasteiger partial charge in [-0.15, -0.1) is 0 Å². The molecule has 2 aromatic rings. The lowest BCUT2D eigenvalue weighted by Crippen LogP contribution is -2.42. The fourth-order valence-electron chi connectivity index (χ4n) is 4.06. The van der Waals surface area contributed by atoms with Crippen molar-refractivity contribution < 1.29 is 19.4 Å². The number of carboxylic acid groups (broad SMARTS) is 1. The predicted octanol–water partition coefficient (Wildman–Crippen LogP) is 7.03. The maximum absolute atomic E-state index is 12.8. The number of rotatable bonds is 7. The first-order valence-corrected chi connectivity index (χ1v) is 12.2. The van der Waals surface area contributed by atoms with Gasteiger partial charge < -0.3 is 9.84 Å². The fourth-order valence-corrected chi connectivity index (χ4v) is 4.56. The summed E-state index contributed by atoms with van der Waals surface area (Å²) in [5, 5.41) is 9.99. The molecule has 0 atom stereocenters. The Morgan fingerprint density at radius 3 is 2.29 bits per heavy atom. The number of aliphatic carboxylic acids is 1. The van der Waals surface area contributed by atoms with Crippen LogP contribution < -0.4 is 4.90 Å². The van der Waals surface area contributed by atoms with E-state index < -0.39 is 17.1 Å². The highest BCUT2D eigenvalue weighted by molar-refractivity contribution is 6.36. The van der Waals surface area contributed by atoms with E-state index >= 15 is 0 Å². The number of anilines is 1. The van der Waals surface area contributed by atoms with E-state index in [2.05, 4.69) is 6.92 Å². The molecule has 0 spiro atoms. The number of hydrogen-bond donors (Lipinski definition) is 1. The summed E-state index contributed by atoms with van der Waals surface area (Å²) in [7, 11) is 0. The van der Waals surface area contributed by atoms with Gasteiger partial charge in [0.1, 0.15) is 16.6 Å². The van der Waals surface area contributed by atoms with Crippen molar-refractivity contribution in [2.45, 2.75) is 71.9 Å². The minimum atomic E-state index is -1.09. The summed E-state index contributed by atoms with van der Waals surface area (Å²) in [6, 6.07) is 14.8. The van der Waals surface area contributed by atoms with Gasteiger partial charge in [0.15, 0.2) is 0 Å². The molecule has 0 saturated carbocycles. The Kier molecular flexibility index (Phi) is 7.75. The second kappa shape index (κ2) is 10.2. The summed E-state index contributed by atoms with van der Waals surface area (Å²) in [5.41, 5.74) is 1.28. The highest BCUT2D eigenvalue weighted by atomic mass is 35.5. The van der Waals surface area contributed by atoms with Gasteiger partial charge in [0, 0.05) is 12.1 Å². The number of ether oxygens (including phenoxy) is 1. The number of esters is 1. The van der Waals surface area contributed by atoms with Crippen LogP contribution in [0, 0.1) is 0 Å². The molecule has 0 bridgehead atoms. The first kappa shape index (κ1) is 26.5. The van der Waals surface area contributed by atoms with E-state index in [-0.39, 0.29) is 16.7 Å². The third-order valence-electron chi connectivity index (χ3n) is 5.63. The van der Waals surface area contributed by atoms with Crippen molar-refractivity contribution >= 4 is 35.1 Å². The van der Waals surface area contributed by atoms with Crippen molar-refractivity contribution in [2.75, 3.05) is 4.90 Å². The number of halogens is 1. The molecule has 1 N–H and O–H groups in total. The van der Waals surface area contributed by atoms with Crippen LogP contribution in [0.1, 0.15) is 71.2 Å². The predicted molar refractivity (Wildman–Crippen MR) is 141 cm³/mol. The molecule has 6 nitrogen and oxygen atoms in total. The maximum atomic E-state index is 12.8. The van der Waals surface area contributed by atoms with E-state index in [1.54, 1.807) is 30.9 Å². The molecular formula is C28H33ClN2O4. The Hall–Kier alpha value is -3.12. The monoisotopic (exact) mass is 496 g/mol. The molecule has 0 fully saturated rings. The number of nitrogens with zero attached hydrogens (tertiary/aromatic N) is 2. The molecule has 1 aliphatic heterocycles. The van der Waals surface area contributed by atoms with E-state index in [0.717, 1.165) is 29.8 Å². The van der Waals surface area contributed by atoms with Gasteiger partial charge in [-0.2, -0.15) is 0 Å². The lowest BCUT2D eigenvalue weighted by Gasteiger charge is -2.36. The van der Waals surface area contributed by atoms with Crippen molar-refractivity contribution in [1.29, 1.82) is 0 Å². The van der Waals surface area contributed by atoms with Crippen LogP contribution in [0.2, 0.25) is 0 Å². The molecule has 3 rings (SSSR count). The van der Waals surface area contributed by atoms with Gasteiger partial charge in [-0.25, -0.2) is 9.59 Å². The molecule has 1 heterocycles. The van der Waals surface area contributed by atoms with Crippen LogP contribution in [-0.4, -0.2) is 34.0 Å². The summed E-state index contributed by atoms with van der Waals surface area (Å²) in [6.07, 6.45) is 2.55. The van der Waals surface area contributed by atoms with Gasteiger partial charge in [0.05, 0.1) is 16.7 Å². The summed E-state index contributed by atoms with van der Waals surface area (Å²) >= 11 is 6.70. The first-order valence-electron chi connectivity index (χ1n) is 11.8. The molecule has 0 unspecified atom stereocenters. The summed E-state index contributed by atoms with van der Waals surface area (Å²) in [5.74, 6) is -0.749. The fraction of sp³-hybridized carbons (Fsp3) is 0.393. The van der Waals surface area contributed by atoms with E-state index in [4.69, 9.17) is 21.3 Å². The quantitative estimate of drug-likeness (QED) is 0.328. The molecule has 2 aromatic carbocycles. The van der Waals surface area contributed by atoms with E-state index in [1.807, 2.05) is 57.2 Å². The smallest absolute Gasteiger partial charge is 0.339 e. The second-order valence-electron chi connectivity index (χ2n) is 10.1. The Labute approximate surface area is 212 Å². The van der Waals surface area contributed by atoms with Crippen molar-refractivity contribution in [3.8, 4) is 11.1 Å². The molecule has 0 amide bonds. The van der Waals surface area contributed by atoms with Crippen LogP contribution >= 0.6 is 11.6 Å². The van der Waals surface area contributed by atoms with Crippen LogP contribution in [0.15, 0.2) is 64.3 Å². The molecule has 0 aliphatic carbocycles. The molecule has 7 heteroatoms. The number of carboxylic acids is 1. The molecule has 0 aromatic heterocycles. The number of carbonyl (C=O) groups excluding carboxylic acids is 1. The normalized spacial score (nSPS) is 15.6. The Morgan fingerprint density at radius 2 is 1.71 bits per heavy atom. The molecule has 0 saturated heterocycles. The van der Waals surface area contributed by atoms with Crippen molar-refractivity contribution in [3.63, 3.8) is 0 Å². The molecule has 0 radical (unpaired) electrons. The van der Waals surface area contributed by atoms with Gasteiger partial charge in [-0.05, 0) is 70.4 Å². The van der Waals surface area contributed by atoms with Crippen molar-refractivity contribution in [2.24, 2.45) is 4.99 Å². The summed E-state index contributed by atoms with van der Waals surface area (Å²) in [4.78, 5) is 31.3. The lowest BCUT2D eigenvalue weighted by molar-refractivity contribution is -0.133. The van der Waals surface area contributed by atoms with Crippen molar-refractivity contribution in [1.82, 2.24) is 0 Å².